The van der Waals surface area contributed by atoms with Crippen molar-refractivity contribution in [3.05, 3.63) is 24.2 Å². The Morgan fingerprint density at radius 2 is 2.25 bits per heavy atom. The highest BCUT2D eigenvalue weighted by Crippen LogP contribution is 2.24. The van der Waals surface area contributed by atoms with Crippen molar-refractivity contribution in [1.29, 1.82) is 0 Å². The van der Waals surface area contributed by atoms with E-state index in [9.17, 15) is 0 Å². The van der Waals surface area contributed by atoms with Gasteiger partial charge in [0.15, 0.2) is 0 Å². The van der Waals surface area contributed by atoms with Crippen molar-refractivity contribution in [1.82, 2.24) is 14.7 Å². The molecule has 1 aromatic heterocycles. The van der Waals surface area contributed by atoms with Gasteiger partial charge in [-0.25, -0.2) is 0 Å². The fourth-order valence-electron chi connectivity index (χ4n) is 2.32. The molecule has 1 aromatic rings. The molecule has 0 aromatic carbocycles. The number of hydrogen-bond acceptors (Lipinski definition) is 2. The molecule has 0 unspecified atom stereocenters. The second-order valence-electron chi connectivity index (χ2n) is 4.99. The van der Waals surface area contributed by atoms with E-state index in [1.165, 1.54) is 30.7 Å². The molecule has 0 atom stereocenters. The van der Waals surface area contributed by atoms with Gasteiger partial charge in [-0.15, -0.1) is 0 Å². The zero-order valence-corrected chi connectivity index (χ0v) is 10.5. The van der Waals surface area contributed by atoms with E-state index >= 15 is 0 Å². The first-order valence-corrected chi connectivity index (χ1v) is 6.10. The Labute approximate surface area is 97.8 Å². The molecule has 2 heterocycles. The van der Waals surface area contributed by atoms with Gasteiger partial charge in [-0.2, -0.15) is 5.10 Å². The van der Waals surface area contributed by atoms with Crippen molar-refractivity contribution in [2.45, 2.75) is 26.7 Å². The molecule has 1 aliphatic rings. The Morgan fingerprint density at radius 3 is 2.88 bits per heavy atom. The Morgan fingerprint density at radius 1 is 1.44 bits per heavy atom. The molecule has 2 rings (SSSR count). The van der Waals surface area contributed by atoms with Crippen LogP contribution in [0.15, 0.2) is 18.5 Å². The van der Waals surface area contributed by atoms with E-state index in [1.807, 2.05) is 17.9 Å². The molecule has 88 valence electrons. The summed E-state index contributed by atoms with van der Waals surface area (Å²) in [7, 11) is 2.01. The zero-order chi connectivity index (χ0) is 11.5. The number of nitrogens with zero attached hydrogens (tertiary/aromatic N) is 3. The molecule has 3 nitrogen and oxygen atoms in total. The molecule has 1 aliphatic heterocycles. The molecule has 3 heteroatoms. The summed E-state index contributed by atoms with van der Waals surface area (Å²) in [6.07, 6.45) is 6.62. The van der Waals surface area contributed by atoms with Crippen LogP contribution in [0.25, 0.3) is 5.57 Å². The predicted octanol–water partition coefficient (Wildman–Crippen LogP) is 2.51. The molecular weight excluding hydrogens is 198 g/mol. The SMILES string of the molecule is CC(C)CN1C=C(c2ccnn2C)CCC1. The summed E-state index contributed by atoms with van der Waals surface area (Å²) < 4.78 is 1.96. The van der Waals surface area contributed by atoms with Gasteiger partial charge >= 0.3 is 0 Å². The van der Waals surface area contributed by atoms with E-state index in [1.54, 1.807) is 0 Å². The maximum absolute atomic E-state index is 4.24. The first-order chi connectivity index (χ1) is 7.66. The van der Waals surface area contributed by atoms with Crippen LogP contribution in [0.4, 0.5) is 0 Å². The van der Waals surface area contributed by atoms with Crippen molar-refractivity contribution in [2.75, 3.05) is 13.1 Å². The van der Waals surface area contributed by atoms with Crippen molar-refractivity contribution >= 4 is 5.57 Å². The number of rotatable bonds is 3. The van der Waals surface area contributed by atoms with Crippen molar-refractivity contribution in [3.63, 3.8) is 0 Å². The summed E-state index contributed by atoms with van der Waals surface area (Å²) in [5.41, 5.74) is 2.68. The van der Waals surface area contributed by atoms with Crippen LogP contribution < -0.4 is 0 Å². The van der Waals surface area contributed by atoms with Crippen molar-refractivity contribution in [3.8, 4) is 0 Å². The van der Waals surface area contributed by atoms with Crippen LogP contribution in [0, 0.1) is 5.92 Å². The van der Waals surface area contributed by atoms with Gasteiger partial charge in [0.05, 0.1) is 5.69 Å². The van der Waals surface area contributed by atoms with Crippen LogP contribution in [0.2, 0.25) is 0 Å². The molecule has 0 spiro atoms. The Bertz CT molecular complexity index is 376. The minimum atomic E-state index is 0.724. The number of allylic oxidation sites excluding steroid dienone is 1. The molecule has 0 bridgehead atoms. The van der Waals surface area contributed by atoms with Crippen LogP contribution in [-0.4, -0.2) is 27.8 Å². The minimum absolute atomic E-state index is 0.724. The first-order valence-electron chi connectivity index (χ1n) is 6.10. The second kappa shape index (κ2) is 4.73. The van der Waals surface area contributed by atoms with Crippen LogP contribution in [0.3, 0.4) is 0 Å². The highest BCUT2D eigenvalue weighted by molar-refractivity contribution is 5.62. The second-order valence-corrected chi connectivity index (χ2v) is 4.99. The lowest BCUT2D eigenvalue weighted by molar-refractivity contribution is 0.318. The molecule has 0 radical (unpaired) electrons. The maximum Gasteiger partial charge on any atom is 0.0652 e. The number of aryl methyl sites for hydroxylation is 1. The quantitative estimate of drug-likeness (QED) is 0.779. The fourth-order valence-corrected chi connectivity index (χ4v) is 2.32. The zero-order valence-electron chi connectivity index (χ0n) is 10.5. The summed E-state index contributed by atoms with van der Waals surface area (Å²) in [6.45, 7) is 6.89. The van der Waals surface area contributed by atoms with Gasteiger partial charge in [-0.3, -0.25) is 4.68 Å². The molecule has 0 saturated carbocycles. The molecule has 0 amide bonds. The summed E-state index contributed by atoms with van der Waals surface area (Å²) in [5, 5.41) is 4.24. The van der Waals surface area contributed by atoms with Gasteiger partial charge in [0.1, 0.15) is 0 Å². The van der Waals surface area contributed by atoms with E-state index in [-0.39, 0.29) is 0 Å². The van der Waals surface area contributed by atoms with E-state index in [2.05, 4.69) is 36.1 Å². The Balaban J connectivity index is 2.15. The third kappa shape index (κ3) is 2.46. The lowest BCUT2D eigenvalue weighted by Gasteiger charge is -2.28. The Hall–Kier alpha value is -1.25. The van der Waals surface area contributed by atoms with E-state index in [0.717, 1.165) is 12.5 Å². The van der Waals surface area contributed by atoms with Gasteiger partial charge in [-0.1, -0.05) is 13.8 Å². The third-order valence-electron chi connectivity index (χ3n) is 2.98. The normalized spacial score (nSPS) is 16.8. The average molecular weight is 219 g/mol. The van der Waals surface area contributed by atoms with Crippen molar-refractivity contribution in [2.24, 2.45) is 13.0 Å². The van der Waals surface area contributed by atoms with Crippen molar-refractivity contribution < 1.29 is 0 Å². The van der Waals surface area contributed by atoms with Gasteiger partial charge in [0, 0.05) is 32.5 Å². The van der Waals surface area contributed by atoms with Gasteiger partial charge in [0.25, 0.3) is 0 Å². The standard InChI is InChI=1S/C13H21N3/c1-11(2)9-16-8-4-5-12(10-16)13-6-7-14-15(13)3/h6-7,10-11H,4-5,8-9H2,1-3H3. The van der Waals surface area contributed by atoms with Crippen LogP contribution in [0.5, 0.6) is 0 Å². The first kappa shape index (κ1) is 11.2. The topological polar surface area (TPSA) is 21.1 Å². The molecule has 0 aliphatic carbocycles. The van der Waals surface area contributed by atoms with Crippen LogP contribution >= 0.6 is 0 Å². The predicted molar refractivity (Wildman–Crippen MR) is 66.8 cm³/mol. The largest absolute Gasteiger partial charge is 0.377 e. The van der Waals surface area contributed by atoms with E-state index in [4.69, 9.17) is 0 Å². The fraction of sp³-hybridized carbons (Fsp3) is 0.615. The monoisotopic (exact) mass is 219 g/mol. The summed E-state index contributed by atoms with van der Waals surface area (Å²) in [4.78, 5) is 2.44. The number of aromatic nitrogens is 2. The summed E-state index contributed by atoms with van der Waals surface area (Å²) in [5.74, 6) is 0.724. The molecular formula is C13H21N3. The van der Waals surface area contributed by atoms with Crippen LogP contribution in [-0.2, 0) is 7.05 Å². The highest BCUT2D eigenvalue weighted by atomic mass is 15.3. The minimum Gasteiger partial charge on any atom is -0.377 e. The molecule has 0 saturated heterocycles. The van der Waals surface area contributed by atoms with Gasteiger partial charge in [-0.05, 0) is 30.4 Å². The van der Waals surface area contributed by atoms with E-state index < -0.39 is 0 Å². The van der Waals surface area contributed by atoms with E-state index in [0.29, 0.717) is 0 Å². The molecule has 0 N–H and O–H groups in total. The average Bonchev–Trinajstić information content (AvgIpc) is 2.64. The van der Waals surface area contributed by atoms with Crippen LogP contribution in [0.1, 0.15) is 32.4 Å². The maximum atomic E-state index is 4.24. The Kier molecular flexibility index (Phi) is 3.32. The smallest absolute Gasteiger partial charge is 0.0652 e. The lowest BCUT2D eigenvalue weighted by Crippen LogP contribution is -2.26. The summed E-state index contributed by atoms with van der Waals surface area (Å²) >= 11 is 0. The molecule has 0 fully saturated rings. The third-order valence-corrected chi connectivity index (χ3v) is 2.98. The highest BCUT2D eigenvalue weighted by Gasteiger charge is 2.14. The number of hydrogen-bond donors (Lipinski definition) is 0. The lowest BCUT2D eigenvalue weighted by atomic mass is 10.0. The summed E-state index contributed by atoms with van der Waals surface area (Å²) in [6, 6.07) is 2.10. The molecule has 16 heavy (non-hydrogen) atoms. The van der Waals surface area contributed by atoms with Gasteiger partial charge < -0.3 is 4.90 Å². The van der Waals surface area contributed by atoms with Gasteiger partial charge in [0.2, 0.25) is 0 Å².